The summed E-state index contributed by atoms with van der Waals surface area (Å²) in [7, 11) is 0. The highest BCUT2D eigenvalue weighted by molar-refractivity contribution is 9.10. The van der Waals surface area contributed by atoms with Gasteiger partial charge in [-0.1, -0.05) is 12.2 Å². The van der Waals surface area contributed by atoms with Gasteiger partial charge >= 0.3 is 0 Å². The van der Waals surface area contributed by atoms with Crippen molar-refractivity contribution < 1.29 is 4.74 Å². The summed E-state index contributed by atoms with van der Waals surface area (Å²) in [5.74, 6) is 0. The Kier molecular flexibility index (Phi) is 5.88. The fourth-order valence-corrected chi connectivity index (χ4v) is 1.94. The molecular weight excluding hydrogens is 300 g/mol. The SMILES string of the molecule is CC(C)OCCNc1ccc(C(N)=S)cc1Br. The first-order chi connectivity index (χ1) is 8.00. The summed E-state index contributed by atoms with van der Waals surface area (Å²) in [6, 6.07) is 5.76. The average molecular weight is 317 g/mol. The molecule has 0 aliphatic heterocycles. The fraction of sp³-hybridized carbons (Fsp3) is 0.417. The van der Waals surface area contributed by atoms with Crippen molar-refractivity contribution in [3.05, 3.63) is 28.2 Å². The molecule has 0 saturated carbocycles. The zero-order chi connectivity index (χ0) is 12.8. The topological polar surface area (TPSA) is 47.3 Å². The van der Waals surface area contributed by atoms with Gasteiger partial charge in [-0.2, -0.15) is 0 Å². The van der Waals surface area contributed by atoms with Crippen LogP contribution in [0.2, 0.25) is 0 Å². The molecule has 0 fully saturated rings. The molecule has 17 heavy (non-hydrogen) atoms. The van der Waals surface area contributed by atoms with Gasteiger partial charge < -0.3 is 15.8 Å². The minimum Gasteiger partial charge on any atom is -0.389 e. The molecule has 0 aliphatic rings. The molecule has 1 aromatic rings. The van der Waals surface area contributed by atoms with E-state index in [9.17, 15) is 0 Å². The van der Waals surface area contributed by atoms with E-state index in [1.807, 2.05) is 32.0 Å². The van der Waals surface area contributed by atoms with Gasteiger partial charge in [-0.3, -0.25) is 0 Å². The molecule has 94 valence electrons. The van der Waals surface area contributed by atoms with Crippen LogP contribution in [0.5, 0.6) is 0 Å². The lowest BCUT2D eigenvalue weighted by Gasteiger charge is -2.11. The number of ether oxygens (including phenoxy) is 1. The lowest BCUT2D eigenvalue weighted by atomic mass is 10.2. The summed E-state index contributed by atoms with van der Waals surface area (Å²) in [6.07, 6.45) is 0.261. The van der Waals surface area contributed by atoms with Crippen LogP contribution in [0.4, 0.5) is 5.69 Å². The molecule has 1 rings (SSSR count). The highest BCUT2D eigenvalue weighted by atomic mass is 79.9. The first-order valence-corrected chi connectivity index (χ1v) is 6.65. The Bertz CT molecular complexity index is 396. The highest BCUT2D eigenvalue weighted by Crippen LogP contribution is 2.23. The minimum atomic E-state index is 0.261. The predicted octanol–water partition coefficient (Wildman–Crippen LogP) is 2.92. The lowest BCUT2D eigenvalue weighted by Crippen LogP contribution is -2.14. The Morgan fingerprint density at radius 2 is 2.24 bits per heavy atom. The largest absolute Gasteiger partial charge is 0.389 e. The number of hydrogen-bond donors (Lipinski definition) is 2. The first-order valence-electron chi connectivity index (χ1n) is 5.45. The Morgan fingerprint density at radius 1 is 1.53 bits per heavy atom. The van der Waals surface area contributed by atoms with E-state index in [1.54, 1.807) is 0 Å². The van der Waals surface area contributed by atoms with E-state index in [-0.39, 0.29) is 6.10 Å². The van der Waals surface area contributed by atoms with Crippen molar-refractivity contribution in [3.63, 3.8) is 0 Å². The Balaban J connectivity index is 2.52. The number of hydrogen-bond acceptors (Lipinski definition) is 3. The molecular formula is C12H17BrN2OS. The van der Waals surface area contributed by atoms with Crippen LogP contribution in [-0.4, -0.2) is 24.2 Å². The van der Waals surface area contributed by atoms with E-state index < -0.39 is 0 Å². The second-order valence-electron chi connectivity index (χ2n) is 3.91. The molecule has 1 aromatic carbocycles. The van der Waals surface area contributed by atoms with Crippen molar-refractivity contribution in [2.45, 2.75) is 20.0 Å². The normalized spacial score (nSPS) is 10.6. The van der Waals surface area contributed by atoms with Crippen LogP contribution in [0.15, 0.2) is 22.7 Å². The van der Waals surface area contributed by atoms with Crippen LogP contribution in [0.1, 0.15) is 19.4 Å². The molecule has 3 nitrogen and oxygen atoms in total. The summed E-state index contributed by atoms with van der Waals surface area (Å²) < 4.78 is 6.40. The van der Waals surface area contributed by atoms with Gasteiger partial charge in [0.05, 0.1) is 12.7 Å². The van der Waals surface area contributed by atoms with Crippen molar-refractivity contribution in [1.82, 2.24) is 0 Å². The summed E-state index contributed by atoms with van der Waals surface area (Å²) in [5, 5.41) is 3.28. The van der Waals surface area contributed by atoms with Crippen LogP contribution in [-0.2, 0) is 4.74 Å². The van der Waals surface area contributed by atoms with Crippen molar-refractivity contribution in [2.75, 3.05) is 18.5 Å². The Labute approximate surface area is 116 Å². The van der Waals surface area contributed by atoms with Gasteiger partial charge in [0.15, 0.2) is 0 Å². The van der Waals surface area contributed by atoms with Gasteiger partial charge in [-0.25, -0.2) is 0 Å². The summed E-state index contributed by atoms with van der Waals surface area (Å²) in [4.78, 5) is 0.403. The van der Waals surface area contributed by atoms with Gasteiger partial charge in [0.1, 0.15) is 4.99 Å². The quantitative estimate of drug-likeness (QED) is 0.626. The molecule has 0 aromatic heterocycles. The third kappa shape index (κ3) is 5.02. The molecule has 0 spiro atoms. The molecule has 0 heterocycles. The zero-order valence-electron chi connectivity index (χ0n) is 10.00. The molecule has 0 amide bonds. The van der Waals surface area contributed by atoms with E-state index in [4.69, 9.17) is 22.7 Å². The molecule has 0 bridgehead atoms. The monoisotopic (exact) mass is 316 g/mol. The smallest absolute Gasteiger partial charge is 0.104 e. The van der Waals surface area contributed by atoms with Gasteiger partial charge in [-0.15, -0.1) is 0 Å². The van der Waals surface area contributed by atoms with E-state index >= 15 is 0 Å². The van der Waals surface area contributed by atoms with Crippen LogP contribution < -0.4 is 11.1 Å². The van der Waals surface area contributed by atoms with Crippen molar-refractivity contribution >= 4 is 38.8 Å². The van der Waals surface area contributed by atoms with Crippen molar-refractivity contribution in [2.24, 2.45) is 5.73 Å². The number of halogens is 1. The zero-order valence-corrected chi connectivity index (χ0v) is 12.4. The minimum absolute atomic E-state index is 0.261. The number of anilines is 1. The molecule has 3 N–H and O–H groups in total. The van der Waals surface area contributed by atoms with E-state index in [1.165, 1.54) is 0 Å². The fourth-order valence-electron chi connectivity index (χ4n) is 1.29. The second-order valence-corrected chi connectivity index (χ2v) is 5.20. The standard InChI is InChI=1S/C12H17BrN2OS/c1-8(2)16-6-5-15-11-4-3-9(12(14)17)7-10(11)13/h3-4,7-8,15H,5-6H2,1-2H3,(H2,14,17). The molecule has 0 radical (unpaired) electrons. The van der Waals surface area contributed by atoms with Gasteiger partial charge in [0.2, 0.25) is 0 Å². The Hall–Kier alpha value is -0.650. The maximum absolute atomic E-state index is 5.56. The molecule has 5 heteroatoms. The summed E-state index contributed by atoms with van der Waals surface area (Å²) in [6.45, 7) is 5.49. The molecule has 0 unspecified atom stereocenters. The van der Waals surface area contributed by atoms with Crippen LogP contribution in [0, 0.1) is 0 Å². The van der Waals surface area contributed by atoms with Gasteiger partial charge in [0.25, 0.3) is 0 Å². The van der Waals surface area contributed by atoms with Gasteiger partial charge in [-0.05, 0) is 48.0 Å². The van der Waals surface area contributed by atoms with Crippen LogP contribution in [0.3, 0.4) is 0 Å². The number of nitrogens with two attached hydrogens (primary N) is 1. The van der Waals surface area contributed by atoms with Crippen LogP contribution >= 0.6 is 28.1 Å². The van der Waals surface area contributed by atoms with Crippen molar-refractivity contribution in [3.8, 4) is 0 Å². The number of nitrogens with one attached hydrogen (secondary N) is 1. The van der Waals surface area contributed by atoms with E-state index in [2.05, 4.69) is 21.2 Å². The third-order valence-electron chi connectivity index (χ3n) is 2.12. The number of rotatable bonds is 6. The highest BCUT2D eigenvalue weighted by Gasteiger charge is 2.03. The third-order valence-corrected chi connectivity index (χ3v) is 3.01. The van der Waals surface area contributed by atoms with E-state index in [0.717, 1.165) is 22.3 Å². The maximum Gasteiger partial charge on any atom is 0.104 e. The van der Waals surface area contributed by atoms with Gasteiger partial charge in [0, 0.05) is 22.3 Å². The molecule has 0 atom stereocenters. The van der Waals surface area contributed by atoms with Crippen LogP contribution in [0.25, 0.3) is 0 Å². The van der Waals surface area contributed by atoms with E-state index in [0.29, 0.717) is 11.6 Å². The molecule has 0 saturated heterocycles. The van der Waals surface area contributed by atoms with Crippen molar-refractivity contribution in [1.29, 1.82) is 0 Å². The summed E-state index contributed by atoms with van der Waals surface area (Å²) >= 11 is 8.39. The second kappa shape index (κ2) is 6.93. The Morgan fingerprint density at radius 3 is 2.76 bits per heavy atom. The predicted molar refractivity (Wildman–Crippen MR) is 79.6 cm³/mol. The maximum atomic E-state index is 5.56. The average Bonchev–Trinajstić information content (AvgIpc) is 2.25. The number of benzene rings is 1. The number of thiocarbonyl (C=S) groups is 1. The molecule has 0 aliphatic carbocycles. The first kappa shape index (κ1) is 14.4. The lowest BCUT2D eigenvalue weighted by molar-refractivity contribution is 0.0870. The summed E-state index contributed by atoms with van der Waals surface area (Å²) in [5.41, 5.74) is 7.43.